The summed E-state index contributed by atoms with van der Waals surface area (Å²) in [7, 11) is -1.77. The number of nitrogens with zero attached hydrogens (tertiary/aromatic N) is 1. The molecule has 0 spiro atoms. The Labute approximate surface area is 121 Å². The molecule has 2 rings (SSSR count). The summed E-state index contributed by atoms with van der Waals surface area (Å²) in [6.07, 6.45) is 2.60. The van der Waals surface area contributed by atoms with E-state index in [2.05, 4.69) is 4.72 Å². The highest BCUT2D eigenvalue weighted by Gasteiger charge is 2.27. The first kappa shape index (κ1) is 15.3. The third-order valence-electron chi connectivity index (χ3n) is 3.62. The lowest BCUT2D eigenvalue weighted by Gasteiger charge is -2.22. The molecule has 1 aliphatic heterocycles. The van der Waals surface area contributed by atoms with Crippen LogP contribution in [-0.2, 0) is 10.2 Å². The minimum Gasteiger partial charge on any atom is -0.497 e. The predicted molar refractivity (Wildman–Crippen MR) is 78.9 cm³/mol. The molecule has 1 saturated heterocycles. The average Bonchev–Trinajstić information content (AvgIpc) is 3.00. The summed E-state index contributed by atoms with van der Waals surface area (Å²) in [6, 6.07) is 7.30. The molecule has 1 aromatic carbocycles. The van der Waals surface area contributed by atoms with Gasteiger partial charge >= 0.3 is 0 Å². The monoisotopic (exact) mass is 298 g/mol. The molecule has 6 heteroatoms. The van der Waals surface area contributed by atoms with Crippen LogP contribution in [0.4, 0.5) is 0 Å². The number of benzene rings is 1. The van der Waals surface area contributed by atoms with Crippen LogP contribution in [0.1, 0.15) is 37.8 Å². The van der Waals surface area contributed by atoms with Gasteiger partial charge in [0.2, 0.25) is 0 Å². The summed E-state index contributed by atoms with van der Waals surface area (Å²) in [5.41, 5.74) is 0.955. The van der Waals surface area contributed by atoms with Gasteiger partial charge in [-0.25, -0.2) is 0 Å². The Kier molecular flexibility index (Phi) is 5.01. The number of methoxy groups -OCH3 is 1. The number of hydrogen-bond donors (Lipinski definition) is 1. The van der Waals surface area contributed by atoms with Crippen molar-refractivity contribution in [2.75, 3.05) is 20.2 Å². The molecule has 20 heavy (non-hydrogen) atoms. The van der Waals surface area contributed by atoms with Gasteiger partial charge in [0.25, 0.3) is 10.2 Å². The topological polar surface area (TPSA) is 58.6 Å². The smallest absolute Gasteiger partial charge is 0.280 e. The Balaban J connectivity index is 2.11. The standard InChI is InChI=1S/C14H22N2O3S/c1-3-14(12-6-8-13(19-2)9-7-12)15-20(17,18)16-10-4-5-11-16/h6-9,14-15H,3-5,10-11H2,1-2H3. The van der Waals surface area contributed by atoms with Gasteiger partial charge in [0.15, 0.2) is 0 Å². The van der Waals surface area contributed by atoms with Crippen molar-refractivity contribution in [1.82, 2.24) is 9.03 Å². The molecule has 0 radical (unpaired) electrons. The highest BCUT2D eigenvalue weighted by atomic mass is 32.2. The van der Waals surface area contributed by atoms with Crippen molar-refractivity contribution in [2.45, 2.75) is 32.2 Å². The van der Waals surface area contributed by atoms with E-state index in [0.29, 0.717) is 19.5 Å². The minimum absolute atomic E-state index is 0.202. The van der Waals surface area contributed by atoms with Crippen molar-refractivity contribution >= 4 is 10.2 Å². The van der Waals surface area contributed by atoms with E-state index in [-0.39, 0.29) is 6.04 Å². The van der Waals surface area contributed by atoms with Gasteiger partial charge < -0.3 is 4.74 Å². The summed E-state index contributed by atoms with van der Waals surface area (Å²) in [6.45, 7) is 3.21. The molecular weight excluding hydrogens is 276 g/mol. The van der Waals surface area contributed by atoms with Crippen LogP contribution in [0.2, 0.25) is 0 Å². The zero-order valence-corrected chi connectivity index (χ0v) is 12.8. The molecule has 0 bridgehead atoms. The largest absolute Gasteiger partial charge is 0.497 e. The summed E-state index contributed by atoms with van der Waals surface area (Å²) in [5, 5.41) is 0. The lowest BCUT2D eigenvalue weighted by molar-refractivity contribution is 0.414. The molecule has 1 unspecified atom stereocenters. The van der Waals surface area contributed by atoms with Crippen molar-refractivity contribution < 1.29 is 13.2 Å². The molecule has 0 amide bonds. The van der Waals surface area contributed by atoms with Crippen molar-refractivity contribution in [3.63, 3.8) is 0 Å². The Morgan fingerprint density at radius 1 is 1.25 bits per heavy atom. The van der Waals surface area contributed by atoms with E-state index < -0.39 is 10.2 Å². The number of rotatable bonds is 6. The minimum atomic E-state index is -3.38. The molecule has 0 aromatic heterocycles. The molecule has 1 atom stereocenters. The van der Waals surface area contributed by atoms with Crippen molar-refractivity contribution in [3.05, 3.63) is 29.8 Å². The first-order valence-corrected chi connectivity index (χ1v) is 8.42. The molecule has 1 heterocycles. The third-order valence-corrected chi connectivity index (χ3v) is 5.25. The van der Waals surface area contributed by atoms with Crippen LogP contribution in [0.5, 0.6) is 5.75 Å². The van der Waals surface area contributed by atoms with Gasteiger partial charge in [-0.1, -0.05) is 19.1 Å². The lowest BCUT2D eigenvalue weighted by Crippen LogP contribution is -2.40. The average molecular weight is 298 g/mol. The maximum atomic E-state index is 12.3. The quantitative estimate of drug-likeness (QED) is 0.874. The van der Waals surface area contributed by atoms with E-state index in [4.69, 9.17) is 4.74 Å². The molecule has 1 N–H and O–H groups in total. The third kappa shape index (κ3) is 3.50. The Bertz CT molecular complexity index is 522. The summed E-state index contributed by atoms with van der Waals surface area (Å²) in [4.78, 5) is 0. The Morgan fingerprint density at radius 3 is 2.35 bits per heavy atom. The van der Waals surface area contributed by atoms with Crippen molar-refractivity contribution in [2.24, 2.45) is 0 Å². The zero-order chi connectivity index (χ0) is 14.6. The van der Waals surface area contributed by atoms with Crippen LogP contribution in [0.3, 0.4) is 0 Å². The van der Waals surface area contributed by atoms with E-state index in [1.165, 1.54) is 4.31 Å². The lowest BCUT2D eigenvalue weighted by atomic mass is 10.1. The Hall–Kier alpha value is -1.11. The SMILES string of the molecule is CCC(NS(=O)(=O)N1CCCC1)c1ccc(OC)cc1. The van der Waals surface area contributed by atoms with E-state index >= 15 is 0 Å². The summed E-state index contributed by atoms with van der Waals surface area (Å²) >= 11 is 0. The summed E-state index contributed by atoms with van der Waals surface area (Å²) in [5.74, 6) is 0.769. The van der Waals surface area contributed by atoms with E-state index in [9.17, 15) is 8.42 Å². The van der Waals surface area contributed by atoms with E-state index in [1.54, 1.807) is 7.11 Å². The van der Waals surface area contributed by atoms with E-state index in [1.807, 2.05) is 31.2 Å². The maximum Gasteiger partial charge on any atom is 0.280 e. The van der Waals surface area contributed by atoms with Gasteiger partial charge in [-0.3, -0.25) is 0 Å². The Morgan fingerprint density at radius 2 is 1.85 bits per heavy atom. The molecule has 112 valence electrons. The molecule has 5 nitrogen and oxygen atoms in total. The number of hydrogen-bond acceptors (Lipinski definition) is 3. The van der Waals surface area contributed by atoms with Crippen LogP contribution >= 0.6 is 0 Å². The second-order valence-corrected chi connectivity index (χ2v) is 6.67. The van der Waals surface area contributed by atoms with E-state index in [0.717, 1.165) is 24.2 Å². The molecular formula is C14H22N2O3S. The second-order valence-electron chi connectivity index (χ2n) is 4.96. The van der Waals surface area contributed by atoms with Gasteiger partial charge in [0.1, 0.15) is 5.75 Å². The fraction of sp³-hybridized carbons (Fsp3) is 0.571. The van der Waals surface area contributed by atoms with Crippen LogP contribution in [0.15, 0.2) is 24.3 Å². The highest BCUT2D eigenvalue weighted by Crippen LogP contribution is 2.22. The molecule has 1 aromatic rings. The van der Waals surface area contributed by atoms with Gasteiger partial charge in [-0.05, 0) is 37.0 Å². The van der Waals surface area contributed by atoms with Gasteiger partial charge in [-0.15, -0.1) is 0 Å². The van der Waals surface area contributed by atoms with Crippen LogP contribution in [0.25, 0.3) is 0 Å². The van der Waals surface area contributed by atoms with Crippen molar-refractivity contribution in [1.29, 1.82) is 0 Å². The molecule has 1 fully saturated rings. The number of ether oxygens (including phenoxy) is 1. The van der Waals surface area contributed by atoms with Crippen LogP contribution in [0, 0.1) is 0 Å². The maximum absolute atomic E-state index is 12.3. The fourth-order valence-corrected chi connectivity index (χ4v) is 3.96. The number of nitrogens with one attached hydrogen (secondary N) is 1. The normalized spacial score (nSPS) is 18.1. The van der Waals surface area contributed by atoms with Crippen molar-refractivity contribution in [3.8, 4) is 5.75 Å². The second kappa shape index (κ2) is 6.56. The summed E-state index contributed by atoms with van der Waals surface area (Å²) < 4.78 is 34.0. The first-order valence-electron chi connectivity index (χ1n) is 6.98. The van der Waals surface area contributed by atoms with Gasteiger partial charge in [0, 0.05) is 19.1 Å². The first-order chi connectivity index (χ1) is 9.56. The predicted octanol–water partition coefficient (Wildman–Crippen LogP) is 2.08. The van der Waals surface area contributed by atoms with Gasteiger partial charge in [0.05, 0.1) is 7.11 Å². The molecule has 0 aliphatic carbocycles. The highest BCUT2D eigenvalue weighted by molar-refractivity contribution is 7.87. The van der Waals surface area contributed by atoms with Gasteiger partial charge in [-0.2, -0.15) is 17.4 Å². The molecule has 0 saturated carbocycles. The van der Waals surface area contributed by atoms with Crippen LogP contribution in [-0.4, -0.2) is 32.9 Å². The van der Waals surface area contributed by atoms with Crippen LogP contribution < -0.4 is 9.46 Å². The zero-order valence-electron chi connectivity index (χ0n) is 12.0. The molecule has 1 aliphatic rings. The fourth-order valence-electron chi connectivity index (χ4n) is 2.41.